The maximum atomic E-state index is 11.0. The summed E-state index contributed by atoms with van der Waals surface area (Å²) >= 11 is 0. The Hall–Kier alpha value is -2.74. The Morgan fingerprint density at radius 3 is 2.76 bits per heavy atom. The molecule has 0 radical (unpaired) electrons. The van der Waals surface area contributed by atoms with Gasteiger partial charge < -0.3 is 5.32 Å². The smallest absolute Gasteiger partial charge is 0.329 e. The van der Waals surface area contributed by atoms with Crippen LogP contribution in [0, 0.1) is 10.1 Å². The fourth-order valence-corrected chi connectivity index (χ4v) is 2.28. The number of nitrogens with two attached hydrogens (primary N) is 1. The van der Waals surface area contributed by atoms with Crippen molar-refractivity contribution in [1.29, 1.82) is 0 Å². The lowest BCUT2D eigenvalue weighted by molar-refractivity contribution is -0.384. The minimum absolute atomic E-state index is 0.131. The van der Waals surface area contributed by atoms with Gasteiger partial charge in [-0.1, -0.05) is 30.3 Å². The number of nitro groups is 1. The molecule has 2 atom stereocenters. The number of nitrogens with zero attached hydrogens (tertiary/aromatic N) is 3. The van der Waals surface area contributed by atoms with Crippen LogP contribution < -0.4 is 16.6 Å². The van der Waals surface area contributed by atoms with Gasteiger partial charge in [0.2, 0.25) is 11.8 Å². The first-order chi connectivity index (χ1) is 10.2. The molecule has 21 heavy (non-hydrogen) atoms. The summed E-state index contributed by atoms with van der Waals surface area (Å²) in [6.45, 7) is 0. The molecule has 1 aliphatic rings. The fraction of sp³-hybridized carbons (Fsp3) is 0.231. The number of hydrogen-bond donors (Lipinski definition) is 3. The third-order valence-corrected chi connectivity index (χ3v) is 3.44. The fourth-order valence-electron chi connectivity index (χ4n) is 2.28. The zero-order valence-electron chi connectivity index (χ0n) is 11.1. The van der Waals surface area contributed by atoms with Crippen LogP contribution in [0.15, 0.2) is 36.5 Å². The monoisotopic (exact) mass is 286 g/mol. The highest BCUT2D eigenvalue weighted by Crippen LogP contribution is 2.43. The molecular weight excluding hydrogens is 272 g/mol. The molecular formula is C13H14N6O2. The van der Waals surface area contributed by atoms with E-state index in [1.54, 1.807) is 0 Å². The lowest BCUT2D eigenvalue weighted by Gasteiger charge is -2.07. The van der Waals surface area contributed by atoms with E-state index in [9.17, 15) is 10.1 Å². The Labute approximate surface area is 120 Å². The van der Waals surface area contributed by atoms with Crippen LogP contribution in [0.5, 0.6) is 0 Å². The zero-order chi connectivity index (χ0) is 14.8. The molecule has 0 aliphatic heterocycles. The molecule has 2 aromatic rings. The molecule has 1 heterocycles. The molecule has 0 amide bonds. The summed E-state index contributed by atoms with van der Waals surface area (Å²) in [5.41, 5.74) is 3.34. The third kappa shape index (κ3) is 2.75. The van der Waals surface area contributed by atoms with Gasteiger partial charge in [0, 0.05) is 12.0 Å². The van der Waals surface area contributed by atoms with Crippen LogP contribution in [0.3, 0.4) is 0 Å². The van der Waals surface area contributed by atoms with E-state index in [0.717, 1.165) is 12.6 Å². The second kappa shape index (κ2) is 5.33. The molecule has 8 heteroatoms. The average Bonchev–Trinajstić information content (AvgIpc) is 3.27. The van der Waals surface area contributed by atoms with Gasteiger partial charge in [-0.2, -0.15) is 4.98 Å². The summed E-state index contributed by atoms with van der Waals surface area (Å²) in [4.78, 5) is 18.3. The van der Waals surface area contributed by atoms with Crippen molar-refractivity contribution in [2.45, 2.75) is 18.4 Å². The molecule has 8 nitrogen and oxygen atoms in total. The first-order valence-corrected chi connectivity index (χ1v) is 6.48. The van der Waals surface area contributed by atoms with Crippen LogP contribution in [-0.2, 0) is 0 Å². The quantitative estimate of drug-likeness (QED) is 0.434. The van der Waals surface area contributed by atoms with Gasteiger partial charge in [-0.15, -0.1) is 0 Å². The third-order valence-electron chi connectivity index (χ3n) is 3.44. The van der Waals surface area contributed by atoms with E-state index in [4.69, 9.17) is 5.84 Å². The highest BCUT2D eigenvalue weighted by atomic mass is 16.6. The van der Waals surface area contributed by atoms with E-state index in [1.807, 2.05) is 30.3 Å². The summed E-state index contributed by atoms with van der Waals surface area (Å²) < 4.78 is 0. The molecule has 1 aromatic heterocycles. The van der Waals surface area contributed by atoms with Crippen LogP contribution in [0.4, 0.5) is 17.5 Å². The van der Waals surface area contributed by atoms with E-state index in [-0.39, 0.29) is 23.5 Å². The lowest BCUT2D eigenvalue weighted by atomic mass is 10.1. The van der Waals surface area contributed by atoms with Crippen molar-refractivity contribution in [3.63, 3.8) is 0 Å². The van der Waals surface area contributed by atoms with Gasteiger partial charge in [0.05, 0.1) is 4.92 Å². The average molecular weight is 286 g/mol. The van der Waals surface area contributed by atoms with Crippen molar-refractivity contribution in [1.82, 2.24) is 9.97 Å². The van der Waals surface area contributed by atoms with E-state index < -0.39 is 4.92 Å². The molecule has 4 N–H and O–H groups in total. The Bertz CT molecular complexity index is 663. The van der Waals surface area contributed by atoms with E-state index in [2.05, 4.69) is 20.7 Å². The maximum Gasteiger partial charge on any atom is 0.329 e. The summed E-state index contributed by atoms with van der Waals surface area (Å²) in [5.74, 6) is 5.91. The standard InChI is InChI=1S/C13H14N6O2/c14-18-13-15-7-11(19(20)21)12(17-13)16-10-6-9(10)8-4-2-1-3-5-8/h1-5,7,9-10H,6,14H2,(H2,15,16,17,18). The summed E-state index contributed by atoms with van der Waals surface area (Å²) in [7, 11) is 0. The first kappa shape index (κ1) is 13.3. The van der Waals surface area contributed by atoms with Crippen LogP contribution in [0.2, 0.25) is 0 Å². The molecule has 0 saturated heterocycles. The number of aromatic nitrogens is 2. The minimum Gasteiger partial charge on any atom is -0.361 e. The molecule has 1 fully saturated rings. The van der Waals surface area contributed by atoms with Gasteiger partial charge >= 0.3 is 5.69 Å². The molecule has 2 unspecified atom stereocenters. The van der Waals surface area contributed by atoms with Crippen molar-refractivity contribution in [2.75, 3.05) is 10.7 Å². The van der Waals surface area contributed by atoms with E-state index >= 15 is 0 Å². The first-order valence-electron chi connectivity index (χ1n) is 6.48. The predicted octanol–water partition coefficient (Wildman–Crippen LogP) is 1.64. The molecule has 108 valence electrons. The van der Waals surface area contributed by atoms with E-state index in [1.165, 1.54) is 5.56 Å². The normalized spacial score (nSPS) is 19.9. The number of hydrogen-bond acceptors (Lipinski definition) is 7. The van der Waals surface area contributed by atoms with Gasteiger partial charge in [-0.25, -0.2) is 10.8 Å². The van der Waals surface area contributed by atoms with Gasteiger partial charge in [-0.3, -0.25) is 15.5 Å². The van der Waals surface area contributed by atoms with E-state index in [0.29, 0.717) is 5.92 Å². The number of nitrogen functional groups attached to an aromatic ring is 1. The number of hydrazine groups is 1. The van der Waals surface area contributed by atoms with Gasteiger partial charge in [0.25, 0.3) is 0 Å². The summed E-state index contributed by atoms with van der Waals surface area (Å²) in [5, 5.41) is 14.1. The lowest BCUT2D eigenvalue weighted by Crippen LogP contribution is -2.14. The van der Waals surface area contributed by atoms with Crippen LogP contribution >= 0.6 is 0 Å². The van der Waals surface area contributed by atoms with Crippen LogP contribution in [0.25, 0.3) is 0 Å². The second-order valence-corrected chi connectivity index (χ2v) is 4.83. The van der Waals surface area contributed by atoms with Crippen molar-refractivity contribution < 1.29 is 4.92 Å². The Morgan fingerprint density at radius 2 is 2.10 bits per heavy atom. The van der Waals surface area contributed by atoms with Crippen molar-refractivity contribution in [2.24, 2.45) is 5.84 Å². The SMILES string of the molecule is NNc1ncc([N+](=O)[O-])c(NC2CC2c2ccccc2)n1. The predicted molar refractivity (Wildman–Crippen MR) is 77.7 cm³/mol. The number of nitrogens with one attached hydrogen (secondary N) is 2. The molecule has 0 spiro atoms. The van der Waals surface area contributed by atoms with Gasteiger partial charge in [-0.05, 0) is 12.0 Å². The minimum atomic E-state index is -0.511. The Morgan fingerprint density at radius 1 is 1.33 bits per heavy atom. The molecule has 1 saturated carbocycles. The maximum absolute atomic E-state index is 11.0. The highest BCUT2D eigenvalue weighted by molar-refractivity contribution is 5.58. The highest BCUT2D eigenvalue weighted by Gasteiger charge is 2.39. The van der Waals surface area contributed by atoms with Crippen molar-refractivity contribution in [3.8, 4) is 0 Å². The molecule has 0 bridgehead atoms. The summed E-state index contributed by atoms with van der Waals surface area (Å²) in [6.07, 6.45) is 2.06. The van der Waals surface area contributed by atoms with Gasteiger partial charge in [0.15, 0.2) is 0 Å². The second-order valence-electron chi connectivity index (χ2n) is 4.83. The topological polar surface area (TPSA) is 119 Å². The van der Waals surface area contributed by atoms with Crippen LogP contribution in [0.1, 0.15) is 17.9 Å². The Kier molecular flexibility index (Phi) is 3.36. The largest absolute Gasteiger partial charge is 0.361 e. The summed E-state index contributed by atoms with van der Waals surface area (Å²) in [6, 6.07) is 10.2. The van der Waals surface area contributed by atoms with Gasteiger partial charge in [0.1, 0.15) is 6.20 Å². The molecule has 1 aromatic carbocycles. The van der Waals surface area contributed by atoms with Crippen molar-refractivity contribution >= 4 is 17.5 Å². The number of benzene rings is 1. The number of anilines is 2. The van der Waals surface area contributed by atoms with Crippen molar-refractivity contribution in [3.05, 3.63) is 52.2 Å². The number of rotatable bonds is 5. The molecule has 3 rings (SSSR count). The zero-order valence-corrected chi connectivity index (χ0v) is 11.1. The molecule has 1 aliphatic carbocycles. The van der Waals surface area contributed by atoms with Crippen LogP contribution in [-0.4, -0.2) is 20.9 Å². The Balaban J connectivity index is 1.78.